The van der Waals surface area contributed by atoms with Gasteiger partial charge in [-0.05, 0) is 56.9 Å². The highest BCUT2D eigenvalue weighted by atomic mass is 15.2. The minimum absolute atomic E-state index is 0.189. The Morgan fingerprint density at radius 2 is 1.75 bits per heavy atom. The first-order chi connectivity index (χ1) is 9.63. The molecular formula is C18H28N2. The van der Waals surface area contributed by atoms with Crippen molar-refractivity contribution >= 4 is 0 Å². The van der Waals surface area contributed by atoms with Crippen LogP contribution in [-0.4, -0.2) is 24.0 Å². The number of hydrogen-bond donors (Lipinski definition) is 1. The minimum atomic E-state index is 0.189. The van der Waals surface area contributed by atoms with Gasteiger partial charge in [0.2, 0.25) is 0 Å². The largest absolute Gasteiger partial charge is 0.326 e. The second-order valence-electron chi connectivity index (χ2n) is 7.06. The molecule has 0 spiro atoms. The van der Waals surface area contributed by atoms with E-state index in [1.807, 2.05) is 0 Å². The molecule has 1 aromatic carbocycles. The summed E-state index contributed by atoms with van der Waals surface area (Å²) < 4.78 is 0. The lowest BCUT2D eigenvalue weighted by Crippen LogP contribution is -2.41. The van der Waals surface area contributed by atoms with Crippen LogP contribution in [0, 0.1) is 18.8 Å². The van der Waals surface area contributed by atoms with Gasteiger partial charge in [0, 0.05) is 25.2 Å². The molecule has 110 valence electrons. The SMILES string of the molecule is Cc1cccc(C(C(C)N)N(CC2CC2)CC2CC2)c1. The van der Waals surface area contributed by atoms with Crippen molar-refractivity contribution in [1.29, 1.82) is 0 Å². The van der Waals surface area contributed by atoms with E-state index < -0.39 is 0 Å². The summed E-state index contributed by atoms with van der Waals surface area (Å²) in [7, 11) is 0. The van der Waals surface area contributed by atoms with Gasteiger partial charge in [0.1, 0.15) is 0 Å². The van der Waals surface area contributed by atoms with Crippen molar-refractivity contribution in [2.75, 3.05) is 13.1 Å². The Balaban J connectivity index is 1.80. The van der Waals surface area contributed by atoms with Crippen molar-refractivity contribution < 1.29 is 0 Å². The molecule has 2 fully saturated rings. The van der Waals surface area contributed by atoms with E-state index in [1.54, 1.807) is 0 Å². The average molecular weight is 272 g/mol. The maximum atomic E-state index is 6.37. The van der Waals surface area contributed by atoms with Crippen molar-refractivity contribution in [1.82, 2.24) is 4.90 Å². The Morgan fingerprint density at radius 1 is 1.15 bits per heavy atom. The predicted molar refractivity (Wildman–Crippen MR) is 84.6 cm³/mol. The molecule has 1 aromatic rings. The van der Waals surface area contributed by atoms with Crippen LogP contribution in [0.3, 0.4) is 0 Å². The van der Waals surface area contributed by atoms with Gasteiger partial charge >= 0.3 is 0 Å². The van der Waals surface area contributed by atoms with E-state index in [-0.39, 0.29) is 6.04 Å². The van der Waals surface area contributed by atoms with E-state index in [4.69, 9.17) is 5.73 Å². The fraction of sp³-hybridized carbons (Fsp3) is 0.667. The van der Waals surface area contributed by atoms with Crippen molar-refractivity contribution in [3.8, 4) is 0 Å². The first-order valence-corrected chi connectivity index (χ1v) is 8.19. The van der Waals surface area contributed by atoms with E-state index in [0.717, 1.165) is 11.8 Å². The van der Waals surface area contributed by atoms with Crippen molar-refractivity contribution in [2.45, 2.75) is 51.6 Å². The molecule has 0 aromatic heterocycles. The van der Waals surface area contributed by atoms with Crippen molar-refractivity contribution in [3.63, 3.8) is 0 Å². The Labute approximate surface area is 123 Å². The van der Waals surface area contributed by atoms with Gasteiger partial charge in [0.15, 0.2) is 0 Å². The second-order valence-corrected chi connectivity index (χ2v) is 7.06. The summed E-state index contributed by atoms with van der Waals surface area (Å²) in [4.78, 5) is 2.69. The number of nitrogens with two attached hydrogens (primary N) is 1. The third kappa shape index (κ3) is 3.62. The van der Waals surface area contributed by atoms with Gasteiger partial charge in [-0.15, -0.1) is 0 Å². The number of hydrogen-bond acceptors (Lipinski definition) is 2. The smallest absolute Gasteiger partial charge is 0.0496 e. The quantitative estimate of drug-likeness (QED) is 0.823. The molecule has 0 radical (unpaired) electrons. The molecule has 0 aliphatic heterocycles. The molecule has 2 atom stereocenters. The Bertz CT molecular complexity index is 432. The highest BCUT2D eigenvalue weighted by Gasteiger charge is 2.34. The van der Waals surface area contributed by atoms with E-state index in [0.29, 0.717) is 6.04 Å². The average Bonchev–Trinajstić information content (AvgIpc) is 3.24. The van der Waals surface area contributed by atoms with Crippen LogP contribution >= 0.6 is 0 Å². The third-order valence-corrected chi connectivity index (χ3v) is 4.65. The van der Waals surface area contributed by atoms with Gasteiger partial charge in [-0.1, -0.05) is 29.8 Å². The highest BCUT2D eigenvalue weighted by Crippen LogP contribution is 2.38. The van der Waals surface area contributed by atoms with Gasteiger partial charge in [-0.25, -0.2) is 0 Å². The van der Waals surface area contributed by atoms with Gasteiger partial charge < -0.3 is 5.73 Å². The number of nitrogens with zero attached hydrogens (tertiary/aromatic N) is 1. The molecule has 2 unspecified atom stereocenters. The summed E-state index contributed by atoms with van der Waals surface area (Å²) in [6, 6.07) is 9.50. The molecule has 20 heavy (non-hydrogen) atoms. The van der Waals surface area contributed by atoms with Crippen LogP contribution < -0.4 is 5.73 Å². The molecule has 0 bridgehead atoms. The minimum Gasteiger partial charge on any atom is -0.326 e. The third-order valence-electron chi connectivity index (χ3n) is 4.65. The molecule has 0 saturated heterocycles. The number of aryl methyl sites for hydroxylation is 1. The van der Waals surface area contributed by atoms with Crippen LogP contribution in [0.2, 0.25) is 0 Å². The summed E-state index contributed by atoms with van der Waals surface area (Å²) in [6.07, 6.45) is 5.67. The predicted octanol–water partition coefficient (Wildman–Crippen LogP) is 3.51. The molecule has 2 nitrogen and oxygen atoms in total. The lowest BCUT2D eigenvalue weighted by molar-refractivity contribution is 0.161. The lowest BCUT2D eigenvalue weighted by Gasteiger charge is -2.35. The molecule has 0 amide bonds. The maximum absolute atomic E-state index is 6.37. The maximum Gasteiger partial charge on any atom is 0.0496 e. The van der Waals surface area contributed by atoms with Crippen LogP contribution in [0.1, 0.15) is 49.8 Å². The van der Waals surface area contributed by atoms with E-state index >= 15 is 0 Å². The summed E-state index contributed by atoms with van der Waals surface area (Å²) in [6.45, 7) is 6.83. The molecule has 2 heteroatoms. The number of rotatable bonds is 7. The lowest BCUT2D eigenvalue weighted by atomic mass is 9.97. The zero-order valence-corrected chi connectivity index (χ0v) is 12.9. The normalized spacial score (nSPS) is 22.0. The monoisotopic (exact) mass is 272 g/mol. The van der Waals surface area contributed by atoms with Crippen molar-refractivity contribution in [2.24, 2.45) is 17.6 Å². The molecule has 2 aliphatic rings. The zero-order valence-electron chi connectivity index (χ0n) is 12.9. The van der Waals surface area contributed by atoms with E-state index in [9.17, 15) is 0 Å². The van der Waals surface area contributed by atoms with Crippen LogP contribution in [0.5, 0.6) is 0 Å². The van der Waals surface area contributed by atoms with Gasteiger partial charge in [-0.3, -0.25) is 4.90 Å². The van der Waals surface area contributed by atoms with Gasteiger partial charge in [-0.2, -0.15) is 0 Å². The molecule has 3 rings (SSSR count). The van der Waals surface area contributed by atoms with E-state index in [1.165, 1.54) is 49.9 Å². The first-order valence-electron chi connectivity index (χ1n) is 8.19. The highest BCUT2D eigenvalue weighted by molar-refractivity contribution is 5.26. The molecule has 2 N–H and O–H groups in total. The second kappa shape index (κ2) is 5.87. The summed E-state index contributed by atoms with van der Waals surface area (Å²) in [5.74, 6) is 1.86. The van der Waals surface area contributed by atoms with E-state index in [2.05, 4.69) is 43.0 Å². The summed E-state index contributed by atoms with van der Waals surface area (Å²) in [5.41, 5.74) is 9.11. The first kappa shape index (κ1) is 14.1. The van der Waals surface area contributed by atoms with Crippen molar-refractivity contribution in [3.05, 3.63) is 35.4 Å². The molecule has 2 aliphatic carbocycles. The fourth-order valence-corrected chi connectivity index (χ4v) is 3.27. The Kier molecular flexibility index (Phi) is 4.13. The molecular weight excluding hydrogens is 244 g/mol. The van der Waals surface area contributed by atoms with Crippen LogP contribution in [-0.2, 0) is 0 Å². The van der Waals surface area contributed by atoms with Gasteiger partial charge in [0.05, 0.1) is 0 Å². The molecule has 2 saturated carbocycles. The standard InChI is InChI=1S/C18H28N2/c1-13-4-3-5-17(10-13)18(14(2)19)20(11-15-6-7-15)12-16-8-9-16/h3-5,10,14-16,18H,6-9,11-12,19H2,1-2H3. The van der Waals surface area contributed by atoms with Crippen LogP contribution in [0.4, 0.5) is 0 Å². The summed E-state index contributed by atoms with van der Waals surface area (Å²) >= 11 is 0. The topological polar surface area (TPSA) is 29.3 Å². The molecule has 0 heterocycles. The fourth-order valence-electron chi connectivity index (χ4n) is 3.27. The Morgan fingerprint density at radius 3 is 2.20 bits per heavy atom. The number of benzene rings is 1. The zero-order chi connectivity index (χ0) is 14.1. The Hall–Kier alpha value is -0.860. The van der Waals surface area contributed by atoms with Crippen LogP contribution in [0.15, 0.2) is 24.3 Å². The van der Waals surface area contributed by atoms with Crippen LogP contribution in [0.25, 0.3) is 0 Å². The van der Waals surface area contributed by atoms with Gasteiger partial charge in [0.25, 0.3) is 0 Å². The summed E-state index contributed by atoms with van der Waals surface area (Å²) in [5, 5.41) is 0.